The zero-order valence-corrected chi connectivity index (χ0v) is 12.5. The minimum atomic E-state index is -2.98. The summed E-state index contributed by atoms with van der Waals surface area (Å²) in [5.41, 5.74) is 2.52. The van der Waals surface area contributed by atoms with Crippen LogP contribution in [0.15, 0.2) is 30.3 Å². The normalized spacial score (nSPS) is 13.6. The molecule has 0 amide bonds. The number of para-hydroxylation sites is 1. The molecule has 0 spiro atoms. The van der Waals surface area contributed by atoms with Crippen LogP contribution in [0.25, 0.3) is 10.9 Å². The van der Waals surface area contributed by atoms with Gasteiger partial charge in [0.2, 0.25) is 0 Å². The van der Waals surface area contributed by atoms with Crippen LogP contribution < -0.4 is 0 Å². The van der Waals surface area contributed by atoms with E-state index in [1.807, 2.05) is 37.3 Å². The predicted octanol–water partition coefficient (Wildman–Crippen LogP) is 2.40. The molecule has 1 atom stereocenters. The number of aliphatic hydroxyl groups excluding tert-OH is 1. The van der Waals surface area contributed by atoms with Gasteiger partial charge in [0.25, 0.3) is 0 Å². The highest BCUT2D eigenvalue weighted by Crippen LogP contribution is 2.27. The largest absolute Gasteiger partial charge is 0.388 e. The molecule has 5 heteroatoms. The Hall–Kier alpha value is -1.46. The molecule has 1 aromatic heterocycles. The molecule has 0 aliphatic carbocycles. The smallest absolute Gasteiger partial charge is 0.147 e. The number of aryl methyl sites for hydroxylation is 1. The number of pyridine rings is 1. The molecule has 0 radical (unpaired) electrons. The molecule has 0 bridgehead atoms. The number of hydrogen-bond acceptors (Lipinski definition) is 4. The molecule has 2 aromatic rings. The first kappa shape index (κ1) is 14.9. The maximum Gasteiger partial charge on any atom is 0.147 e. The minimum absolute atomic E-state index is 0.103. The Morgan fingerprint density at radius 2 is 2.00 bits per heavy atom. The number of aliphatic hydroxyl groups is 1. The van der Waals surface area contributed by atoms with Crippen LogP contribution in [0.5, 0.6) is 0 Å². The third-order valence-electron chi connectivity index (χ3n) is 3.23. The van der Waals surface area contributed by atoms with Crippen molar-refractivity contribution in [1.29, 1.82) is 0 Å². The molecule has 4 nitrogen and oxygen atoms in total. The molecule has 2 rings (SSSR count). The van der Waals surface area contributed by atoms with Crippen LogP contribution >= 0.6 is 0 Å². The van der Waals surface area contributed by atoms with E-state index in [1.165, 1.54) is 6.26 Å². The molecule has 0 saturated carbocycles. The summed E-state index contributed by atoms with van der Waals surface area (Å²) >= 11 is 0. The van der Waals surface area contributed by atoms with E-state index in [0.29, 0.717) is 12.8 Å². The number of fused-ring (bicyclic) bond motifs is 1. The van der Waals surface area contributed by atoms with Crippen molar-refractivity contribution >= 4 is 20.7 Å². The Bertz CT molecular complexity index is 710. The summed E-state index contributed by atoms with van der Waals surface area (Å²) in [5, 5.41) is 11.2. The lowest BCUT2D eigenvalue weighted by Crippen LogP contribution is -2.06. The summed E-state index contributed by atoms with van der Waals surface area (Å²) in [6.45, 7) is 1.89. The number of hydrogen-bond donors (Lipinski definition) is 1. The predicted molar refractivity (Wildman–Crippen MR) is 80.4 cm³/mol. The highest BCUT2D eigenvalue weighted by Gasteiger charge is 2.13. The van der Waals surface area contributed by atoms with Gasteiger partial charge in [-0.05, 0) is 37.5 Å². The number of nitrogens with zero attached hydrogens (tertiary/aromatic N) is 1. The average Bonchev–Trinajstić information content (AvgIpc) is 2.36. The lowest BCUT2D eigenvalue weighted by atomic mass is 10.00. The summed E-state index contributed by atoms with van der Waals surface area (Å²) in [4.78, 5) is 4.43. The summed E-state index contributed by atoms with van der Waals surface area (Å²) in [6, 6.07) is 9.53. The second-order valence-corrected chi connectivity index (χ2v) is 7.42. The zero-order valence-electron chi connectivity index (χ0n) is 11.7. The molecule has 1 unspecified atom stereocenters. The fourth-order valence-corrected chi connectivity index (χ4v) is 3.00. The topological polar surface area (TPSA) is 67.3 Å². The van der Waals surface area contributed by atoms with Crippen molar-refractivity contribution in [3.8, 4) is 0 Å². The van der Waals surface area contributed by atoms with Crippen molar-refractivity contribution in [1.82, 2.24) is 4.98 Å². The van der Waals surface area contributed by atoms with Gasteiger partial charge in [0.05, 0.1) is 11.6 Å². The second-order valence-electron chi connectivity index (χ2n) is 5.16. The zero-order chi connectivity index (χ0) is 14.8. The summed E-state index contributed by atoms with van der Waals surface area (Å²) in [7, 11) is -2.98. The van der Waals surface area contributed by atoms with Gasteiger partial charge in [-0.2, -0.15) is 0 Å². The maximum atomic E-state index is 11.1. The molecular formula is C15H19NO3S. The minimum Gasteiger partial charge on any atom is -0.388 e. The van der Waals surface area contributed by atoms with Gasteiger partial charge in [0.15, 0.2) is 0 Å². The number of sulfone groups is 1. The molecule has 1 N–H and O–H groups in total. The maximum absolute atomic E-state index is 11.1. The Morgan fingerprint density at radius 3 is 2.70 bits per heavy atom. The Kier molecular flexibility index (Phi) is 4.40. The van der Waals surface area contributed by atoms with Gasteiger partial charge in [-0.25, -0.2) is 8.42 Å². The molecule has 108 valence electrons. The molecule has 0 aliphatic heterocycles. The quantitative estimate of drug-likeness (QED) is 0.919. The van der Waals surface area contributed by atoms with Crippen molar-refractivity contribution in [3.63, 3.8) is 0 Å². The van der Waals surface area contributed by atoms with Crippen molar-refractivity contribution in [2.24, 2.45) is 0 Å². The lowest BCUT2D eigenvalue weighted by Gasteiger charge is -2.14. The molecule has 0 saturated heterocycles. The van der Waals surface area contributed by atoms with E-state index in [1.54, 1.807) is 0 Å². The SMILES string of the molecule is Cc1cc(C(O)CCCS(C)(=O)=O)c2ccccc2n1. The van der Waals surface area contributed by atoms with E-state index >= 15 is 0 Å². The van der Waals surface area contributed by atoms with E-state index < -0.39 is 15.9 Å². The van der Waals surface area contributed by atoms with Crippen molar-refractivity contribution in [3.05, 3.63) is 41.6 Å². The summed E-state index contributed by atoms with van der Waals surface area (Å²) < 4.78 is 22.2. The molecule has 0 aliphatic rings. The van der Waals surface area contributed by atoms with E-state index in [0.717, 1.165) is 22.2 Å². The first-order valence-electron chi connectivity index (χ1n) is 6.59. The van der Waals surface area contributed by atoms with Crippen LogP contribution in [0.4, 0.5) is 0 Å². The highest BCUT2D eigenvalue weighted by atomic mass is 32.2. The molecule has 20 heavy (non-hydrogen) atoms. The van der Waals surface area contributed by atoms with Gasteiger partial charge in [-0.1, -0.05) is 18.2 Å². The third kappa shape index (κ3) is 3.77. The summed E-state index contributed by atoms with van der Waals surface area (Å²) in [5.74, 6) is 0.103. The van der Waals surface area contributed by atoms with E-state index in [-0.39, 0.29) is 5.75 Å². The summed E-state index contributed by atoms with van der Waals surface area (Å²) in [6.07, 6.45) is 1.44. The molecule has 1 aromatic carbocycles. The van der Waals surface area contributed by atoms with Crippen LogP contribution in [0.3, 0.4) is 0 Å². The van der Waals surface area contributed by atoms with Gasteiger partial charge >= 0.3 is 0 Å². The van der Waals surface area contributed by atoms with Crippen LogP contribution in [0.1, 0.15) is 30.2 Å². The number of benzene rings is 1. The van der Waals surface area contributed by atoms with Gasteiger partial charge in [0, 0.05) is 23.1 Å². The lowest BCUT2D eigenvalue weighted by molar-refractivity contribution is 0.168. The molecule has 0 fully saturated rings. The van der Waals surface area contributed by atoms with Gasteiger partial charge in [0.1, 0.15) is 9.84 Å². The first-order valence-corrected chi connectivity index (χ1v) is 8.65. The first-order chi connectivity index (χ1) is 9.37. The van der Waals surface area contributed by atoms with Gasteiger partial charge in [-0.15, -0.1) is 0 Å². The number of rotatable bonds is 5. The van der Waals surface area contributed by atoms with Crippen LogP contribution in [-0.4, -0.2) is 30.5 Å². The Labute approximate surface area is 119 Å². The van der Waals surface area contributed by atoms with Crippen LogP contribution in [-0.2, 0) is 9.84 Å². The monoisotopic (exact) mass is 293 g/mol. The fraction of sp³-hybridized carbons (Fsp3) is 0.400. The third-order valence-corrected chi connectivity index (χ3v) is 4.26. The highest BCUT2D eigenvalue weighted by molar-refractivity contribution is 7.90. The fourth-order valence-electron chi connectivity index (χ4n) is 2.31. The van der Waals surface area contributed by atoms with Crippen LogP contribution in [0, 0.1) is 6.92 Å². The standard InChI is InChI=1S/C15H19NO3S/c1-11-10-13(12-6-3-4-7-14(12)16-11)15(17)8-5-9-20(2,18)19/h3-4,6-7,10,15,17H,5,8-9H2,1-2H3. The van der Waals surface area contributed by atoms with E-state index in [4.69, 9.17) is 0 Å². The van der Waals surface area contributed by atoms with Crippen molar-refractivity contribution < 1.29 is 13.5 Å². The van der Waals surface area contributed by atoms with E-state index in [2.05, 4.69) is 4.98 Å². The molecular weight excluding hydrogens is 274 g/mol. The Balaban J connectivity index is 2.23. The van der Waals surface area contributed by atoms with E-state index in [9.17, 15) is 13.5 Å². The number of aromatic nitrogens is 1. The van der Waals surface area contributed by atoms with Gasteiger partial charge < -0.3 is 5.11 Å². The van der Waals surface area contributed by atoms with Crippen molar-refractivity contribution in [2.45, 2.75) is 25.9 Å². The Morgan fingerprint density at radius 1 is 1.30 bits per heavy atom. The molecule has 1 heterocycles. The van der Waals surface area contributed by atoms with Crippen molar-refractivity contribution in [2.75, 3.05) is 12.0 Å². The average molecular weight is 293 g/mol. The van der Waals surface area contributed by atoms with Crippen LogP contribution in [0.2, 0.25) is 0 Å². The van der Waals surface area contributed by atoms with Gasteiger partial charge in [-0.3, -0.25) is 4.98 Å². The second kappa shape index (κ2) is 5.89.